The van der Waals surface area contributed by atoms with E-state index in [2.05, 4.69) is 34.6 Å². The predicted molar refractivity (Wildman–Crippen MR) is 121 cm³/mol. The summed E-state index contributed by atoms with van der Waals surface area (Å²) in [5.41, 5.74) is 6.25. The first-order chi connectivity index (χ1) is 15.1. The number of alkyl carbamates (subject to hydrolysis) is 1. The fourth-order valence-corrected chi connectivity index (χ4v) is 3.87. The van der Waals surface area contributed by atoms with Gasteiger partial charge in [0, 0.05) is 30.4 Å². The fraction of sp³-hybridized carbons (Fsp3) is 0.192. The Balaban J connectivity index is 1.27. The Morgan fingerprint density at radius 3 is 2.39 bits per heavy atom. The van der Waals surface area contributed by atoms with Crippen molar-refractivity contribution in [3.8, 4) is 11.1 Å². The highest BCUT2D eigenvalue weighted by Gasteiger charge is 2.28. The average Bonchev–Trinajstić information content (AvgIpc) is 3.11. The molecule has 156 valence electrons. The maximum absolute atomic E-state index is 12.2. The smallest absolute Gasteiger partial charge is 0.407 e. The van der Waals surface area contributed by atoms with Gasteiger partial charge in [-0.1, -0.05) is 60.7 Å². The lowest BCUT2D eigenvalue weighted by Crippen LogP contribution is -2.26. The first kappa shape index (κ1) is 20.5. The van der Waals surface area contributed by atoms with Gasteiger partial charge >= 0.3 is 6.09 Å². The number of Topliss-reactive ketones (excluding diaryl/α,β-unsaturated/α-hetero) is 1. The number of hydrogen-bond acceptors (Lipinski definition) is 4. The molecule has 1 aliphatic carbocycles. The first-order valence-corrected chi connectivity index (χ1v) is 10.3. The maximum Gasteiger partial charge on any atom is 0.407 e. The van der Waals surface area contributed by atoms with Gasteiger partial charge in [0.15, 0.2) is 5.78 Å². The predicted octanol–water partition coefficient (Wildman–Crippen LogP) is 5.23. The molecule has 0 aliphatic heterocycles. The van der Waals surface area contributed by atoms with Crippen LogP contribution in [-0.2, 0) is 4.74 Å². The van der Waals surface area contributed by atoms with Crippen LogP contribution in [0.4, 0.5) is 4.79 Å². The molecule has 4 rings (SSSR count). The molecule has 0 atom stereocenters. The van der Waals surface area contributed by atoms with E-state index >= 15 is 0 Å². The van der Waals surface area contributed by atoms with Gasteiger partial charge in [-0.25, -0.2) is 4.79 Å². The van der Waals surface area contributed by atoms with Crippen molar-refractivity contribution in [3.05, 3.63) is 95.3 Å². The number of carbonyl (C=O) groups excluding carboxylic acids is 2. The van der Waals surface area contributed by atoms with Crippen LogP contribution in [-0.4, -0.2) is 30.0 Å². The third-order valence-electron chi connectivity index (χ3n) is 5.40. The molecule has 2 aromatic carbocycles. The van der Waals surface area contributed by atoms with Gasteiger partial charge in [0.2, 0.25) is 0 Å². The van der Waals surface area contributed by atoms with E-state index in [9.17, 15) is 9.59 Å². The number of ketones is 1. The summed E-state index contributed by atoms with van der Waals surface area (Å²) >= 11 is 0. The first-order valence-electron chi connectivity index (χ1n) is 10.3. The molecule has 5 nitrogen and oxygen atoms in total. The summed E-state index contributed by atoms with van der Waals surface area (Å²) in [6, 6.07) is 18.3. The van der Waals surface area contributed by atoms with Gasteiger partial charge in [-0.3, -0.25) is 9.78 Å². The number of hydrogen-bond donors (Lipinski definition) is 1. The molecule has 0 unspecified atom stereocenters. The number of amides is 1. The number of ether oxygens (including phenoxy) is 1. The van der Waals surface area contributed by atoms with E-state index in [0.717, 1.165) is 5.56 Å². The summed E-state index contributed by atoms with van der Waals surface area (Å²) in [7, 11) is 0. The summed E-state index contributed by atoms with van der Waals surface area (Å²) in [5.74, 6) is 0.0405. The molecular formula is C26H24N2O3. The Labute approximate surface area is 181 Å². The highest BCUT2D eigenvalue weighted by atomic mass is 16.5. The third-order valence-corrected chi connectivity index (χ3v) is 5.40. The van der Waals surface area contributed by atoms with Crippen molar-refractivity contribution in [1.82, 2.24) is 10.3 Å². The fourth-order valence-electron chi connectivity index (χ4n) is 3.87. The zero-order chi connectivity index (χ0) is 21.6. The quantitative estimate of drug-likeness (QED) is 0.426. The van der Waals surface area contributed by atoms with Crippen molar-refractivity contribution in [1.29, 1.82) is 0 Å². The van der Waals surface area contributed by atoms with Crippen molar-refractivity contribution in [2.75, 3.05) is 13.2 Å². The number of rotatable bonds is 7. The van der Waals surface area contributed by atoms with Crippen LogP contribution in [0.25, 0.3) is 17.2 Å². The minimum Gasteiger partial charge on any atom is -0.449 e. The molecule has 5 heteroatoms. The van der Waals surface area contributed by atoms with E-state index in [-0.39, 0.29) is 11.7 Å². The zero-order valence-electron chi connectivity index (χ0n) is 17.4. The van der Waals surface area contributed by atoms with Gasteiger partial charge < -0.3 is 10.1 Å². The SMILES string of the molecule is CC(=O)c1cncc(C=CCCNC(=O)OCC2c3ccccc3-c3ccccc32)c1. The van der Waals surface area contributed by atoms with E-state index in [1.807, 2.05) is 36.4 Å². The third kappa shape index (κ3) is 4.72. The molecule has 1 aliphatic rings. The number of carbonyl (C=O) groups is 2. The lowest BCUT2D eigenvalue weighted by molar-refractivity contribution is 0.101. The molecule has 0 saturated carbocycles. The normalized spacial score (nSPS) is 12.4. The van der Waals surface area contributed by atoms with E-state index in [1.165, 1.54) is 29.2 Å². The standard InChI is InChI=1S/C26H24N2O3/c1-18(29)20-14-19(15-27-16-20)8-6-7-13-28-26(30)31-17-25-23-11-4-2-9-21(23)22-10-3-5-12-24(22)25/h2-6,8-12,14-16,25H,7,13,17H2,1H3,(H,28,30). The summed E-state index contributed by atoms with van der Waals surface area (Å²) < 4.78 is 5.52. The Bertz CT molecular complexity index is 1090. The number of benzene rings is 2. The molecule has 3 aromatic rings. The van der Waals surface area contributed by atoms with Gasteiger partial charge in [0.1, 0.15) is 6.61 Å². The topological polar surface area (TPSA) is 68.3 Å². The molecule has 0 saturated heterocycles. The Morgan fingerprint density at radius 2 is 1.71 bits per heavy atom. The number of pyridine rings is 1. The molecule has 1 amide bonds. The highest BCUT2D eigenvalue weighted by Crippen LogP contribution is 2.44. The minimum atomic E-state index is -0.421. The van der Waals surface area contributed by atoms with E-state index < -0.39 is 6.09 Å². The van der Waals surface area contributed by atoms with Gasteiger partial charge in [0.05, 0.1) is 0 Å². The van der Waals surface area contributed by atoms with Crippen LogP contribution in [0.15, 0.2) is 73.1 Å². The zero-order valence-corrected chi connectivity index (χ0v) is 17.4. The molecule has 1 N–H and O–H groups in total. The number of nitrogens with one attached hydrogen (secondary N) is 1. The summed E-state index contributed by atoms with van der Waals surface area (Å²) in [4.78, 5) is 27.7. The molecule has 0 fully saturated rings. The van der Waals surface area contributed by atoms with Gasteiger partial charge in [-0.05, 0) is 47.2 Å². The molecule has 1 heterocycles. The Morgan fingerprint density at radius 1 is 1.03 bits per heavy atom. The molecular weight excluding hydrogens is 388 g/mol. The summed E-state index contributed by atoms with van der Waals surface area (Å²) in [6.45, 7) is 2.29. The second-order valence-electron chi connectivity index (χ2n) is 7.51. The van der Waals surface area contributed by atoms with Crippen LogP contribution in [0.3, 0.4) is 0 Å². The van der Waals surface area contributed by atoms with Gasteiger partial charge in [-0.15, -0.1) is 0 Å². The molecule has 0 radical (unpaired) electrons. The van der Waals surface area contributed by atoms with E-state index in [1.54, 1.807) is 18.5 Å². The number of nitrogens with zero attached hydrogens (tertiary/aromatic N) is 1. The van der Waals surface area contributed by atoms with Gasteiger partial charge in [-0.2, -0.15) is 0 Å². The van der Waals surface area contributed by atoms with Crippen molar-refractivity contribution >= 4 is 18.0 Å². The lowest BCUT2D eigenvalue weighted by atomic mass is 9.98. The van der Waals surface area contributed by atoms with Crippen LogP contribution in [0.1, 0.15) is 46.3 Å². The number of fused-ring (bicyclic) bond motifs is 3. The van der Waals surface area contributed by atoms with Crippen LogP contribution < -0.4 is 5.32 Å². The Hall–Kier alpha value is -3.73. The monoisotopic (exact) mass is 412 g/mol. The molecule has 1 aromatic heterocycles. The second-order valence-corrected chi connectivity index (χ2v) is 7.51. The van der Waals surface area contributed by atoms with Crippen molar-refractivity contribution < 1.29 is 14.3 Å². The van der Waals surface area contributed by atoms with Crippen molar-refractivity contribution in [2.45, 2.75) is 19.3 Å². The van der Waals surface area contributed by atoms with Crippen LogP contribution in [0.2, 0.25) is 0 Å². The van der Waals surface area contributed by atoms with Gasteiger partial charge in [0.25, 0.3) is 0 Å². The molecule has 0 spiro atoms. The van der Waals surface area contributed by atoms with Crippen LogP contribution >= 0.6 is 0 Å². The number of aromatic nitrogens is 1. The largest absolute Gasteiger partial charge is 0.449 e. The van der Waals surface area contributed by atoms with Crippen LogP contribution in [0, 0.1) is 0 Å². The summed E-state index contributed by atoms with van der Waals surface area (Å²) in [5, 5.41) is 2.79. The maximum atomic E-state index is 12.2. The van der Waals surface area contributed by atoms with Crippen LogP contribution in [0.5, 0.6) is 0 Å². The average molecular weight is 412 g/mol. The van der Waals surface area contributed by atoms with Crippen molar-refractivity contribution in [2.24, 2.45) is 0 Å². The molecule has 0 bridgehead atoms. The van der Waals surface area contributed by atoms with E-state index in [4.69, 9.17) is 4.74 Å². The Kier molecular flexibility index (Phi) is 6.22. The molecule has 31 heavy (non-hydrogen) atoms. The summed E-state index contributed by atoms with van der Waals surface area (Å²) in [6.07, 6.45) is 7.30. The second kappa shape index (κ2) is 9.39. The van der Waals surface area contributed by atoms with E-state index in [0.29, 0.717) is 25.1 Å². The highest BCUT2D eigenvalue weighted by molar-refractivity contribution is 5.94. The lowest BCUT2D eigenvalue weighted by Gasteiger charge is -2.14. The minimum absolute atomic E-state index is 0.0142. The van der Waals surface area contributed by atoms with Crippen molar-refractivity contribution in [3.63, 3.8) is 0 Å².